The number of nitrogens with two attached hydrogens (primary N) is 1. The number of rotatable bonds is 9. The average Bonchev–Trinajstić information content (AvgIpc) is 2.32. The van der Waals surface area contributed by atoms with E-state index >= 15 is 0 Å². The molecule has 5 nitrogen and oxygen atoms in total. The molecular formula is C11H24N2O3. The standard InChI is InChI=1S/C11H24N2O3/c1-3-11(4-2,9-12)10(15)13-5-7-16-8-6-14/h14H,3-9,12H2,1-2H3,(H,13,15). The third-order valence-corrected chi connectivity index (χ3v) is 2.99. The lowest BCUT2D eigenvalue weighted by Gasteiger charge is -2.28. The van der Waals surface area contributed by atoms with Crippen molar-refractivity contribution in [1.29, 1.82) is 0 Å². The van der Waals surface area contributed by atoms with Crippen molar-refractivity contribution in [2.24, 2.45) is 11.1 Å². The van der Waals surface area contributed by atoms with Crippen LogP contribution < -0.4 is 11.1 Å². The Morgan fingerprint density at radius 1 is 1.38 bits per heavy atom. The molecule has 16 heavy (non-hydrogen) atoms. The van der Waals surface area contributed by atoms with E-state index in [-0.39, 0.29) is 12.5 Å². The van der Waals surface area contributed by atoms with Crippen LogP contribution in [-0.2, 0) is 9.53 Å². The van der Waals surface area contributed by atoms with E-state index < -0.39 is 5.41 Å². The number of aliphatic hydroxyl groups is 1. The summed E-state index contributed by atoms with van der Waals surface area (Å²) in [6.07, 6.45) is 1.48. The number of ether oxygens (including phenoxy) is 1. The van der Waals surface area contributed by atoms with Crippen LogP contribution in [0.3, 0.4) is 0 Å². The molecule has 0 atom stereocenters. The van der Waals surface area contributed by atoms with Gasteiger partial charge in [0, 0.05) is 13.1 Å². The predicted molar refractivity (Wildman–Crippen MR) is 63.0 cm³/mol. The summed E-state index contributed by atoms with van der Waals surface area (Å²) in [6, 6.07) is 0. The predicted octanol–water partition coefficient (Wildman–Crippen LogP) is -0.123. The van der Waals surface area contributed by atoms with Gasteiger partial charge in [-0.15, -0.1) is 0 Å². The number of aliphatic hydroxyl groups excluding tert-OH is 1. The fourth-order valence-electron chi connectivity index (χ4n) is 1.54. The first kappa shape index (κ1) is 15.3. The van der Waals surface area contributed by atoms with Crippen molar-refractivity contribution >= 4 is 5.91 Å². The Morgan fingerprint density at radius 2 is 2.00 bits per heavy atom. The lowest BCUT2D eigenvalue weighted by atomic mass is 9.81. The number of hydrogen-bond donors (Lipinski definition) is 3. The minimum atomic E-state index is -0.447. The van der Waals surface area contributed by atoms with Crippen LogP contribution in [0.4, 0.5) is 0 Å². The van der Waals surface area contributed by atoms with Gasteiger partial charge < -0.3 is 20.9 Å². The number of carbonyl (C=O) groups excluding carboxylic acids is 1. The zero-order valence-corrected chi connectivity index (χ0v) is 10.3. The summed E-state index contributed by atoms with van der Waals surface area (Å²) in [6.45, 7) is 5.49. The fraction of sp³-hybridized carbons (Fsp3) is 0.909. The zero-order valence-electron chi connectivity index (χ0n) is 10.3. The van der Waals surface area contributed by atoms with Crippen LogP contribution in [0.1, 0.15) is 26.7 Å². The smallest absolute Gasteiger partial charge is 0.227 e. The molecule has 96 valence electrons. The summed E-state index contributed by atoms with van der Waals surface area (Å²) in [5.74, 6) is -0.00685. The quantitative estimate of drug-likeness (QED) is 0.484. The van der Waals surface area contributed by atoms with Gasteiger partial charge in [0.15, 0.2) is 0 Å². The Bertz CT molecular complexity index is 185. The highest BCUT2D eigenvalue weighted by Gasteiger charge is 2.32. The van der Waals surface area contributed by atoms with E-state index in [0.29, 0.717) is 26.3 Å². The summed E-state index contributed by atoms with van der Waals surface area (Å²) < 4.78 is 5.05. The Hall–Kier alpha value is -0.650. The monoisotopic (exact) mass is 232 g/mol. The number of hydrogen-bond acceptors (Lipinski definition) is 4. The molecule has 0 aliphatic rings. The summed E-state index contributed by atoms with van der Waals surface area (Å²) in [5, 5.41) is 11.3. The summed E-state index contributed by atoms with van der Waals surface area (Å²) >= 11 is 0. The Kier molecular flexibility index (Phi) is 8.15. The second-order valence-electron chi connectivity index (χ2n) is 3.78. The molecular weight excluding hydrogens is 208 g/mol. The van der Waals surface area contributed by atoms with E-state index in [1.807, 2.05) is 13.8 Å². The van der Waals surface area contributed by atoms with Crippen LogP contribution in [0.15, 0.2) is 0 Å². The maximum Gasteiger partial charge on any atom is 0.227 e. The van der Waals surface area contributed by atoms with Gasteiger partial charge in [-0.1, -0.05) is 13.8 Å². The molecule has 1 amide bonds. The normalized spacial score (nSPS) is 11.5. The summed E-state index contributed by atoms with van der Waals surface area (Å²) in [7, 11) is 0. The molecule has 0 saturated heterocycles. The van der Waals surface area contributed by atoms with E-state index in [9.17, 15) is 4.79 Å². The Labute approximate surface area is 97.3 Å². The van der Waals surface area contributed by atoms with Crippen molar-refractivity contribution in [3.8, 4) is 0 Å². The van der Waals surface area contributed by atoms with E-state index in [1.54, 1.807) is 0 Å². The maximum absolute atomic E-state index is 11.9. The molecule has 5 heteroatoms. The first-order valence-electron chi connectivity index (χ1n) is 5.83. The maximum atomic E-state index is 11.9. The van der Waals surface area contributed by atoms with Gasteiger partial charge in [-0.25, -0.2) is 0 Å². The molecule has 0 spiro atoms. The average molecular weight is 232 g/mol. The van der Waals surface area contributed by atoms with Crippen LogP contribution in [0.25, 0.3) is 0 Å². The van der Waals surface area contributed by atoms with Crippen LogP contribution in [0.2, 0.25) is 0 Å². The van der Waals surface area contributed by atoms with Crippen LogP contribution in [0, 0.1) is 5.41 Å². The number of nitrogens with one attached hydrogen (secondary N) is 1. The molecule has 0 aliphatic carbocycles. The van der Waals surface area contributed by atoms with Crippen molar-refractivity contribution in [3.63, 3.8) is 0 Å². The minimum Gasteiger partial charge on any atom is -0.394 e. The molecule has 0 radical (unpaired) electrons. The van der Waals surface area contributed by atoms with Gasteiger partial charge in [0.25, 0.3) is 0 Å². The van der Waals surface area contributed by atoms with Crippen molar-refractivity contribution in [1.82, 2.24) is 5.32 Å². The highest BCUT2D eigenvalue weighted by Crippen LogP contribution is 2.24. The van der Waals surface area contributed by atoms with Crippen molar-refractivity contribution in [3.05, 3.63) is 0 Å². The van der Waals surface area contributed by atoms with Crippen LogP contribution in [0.5, 0.6) is 0 Å². The van der Waals surface area contributed by atoms with E-state index in [4.69, 9.17) is 15.6 Å². The van der Waals surface area contributed by atoms with Gasteiger partial charge in [0.2, 0.25) is 5.91 Å². The van der Waals surface area contributed by atoms with Crippen molar-refractivity contribution in [2.45, 2.75) is 26.7 Å². The zero-order chi connectivity index (χ0) is 12.4. The highest BCUT2D eigenvalue weighted by molar-refractivity contribution is 5.82. The lowest BCUT2D eigenvalue weighted by molar-refractivity contribution is -0.131. The van der Waals surface area contributed by atoms with Crippen molar-refractivity contribution in [2.75, 3.05) is 32.9 Å². The molecule has 0 rings (SSSR count). The third-order valence-electron chi connectivity index (χ3n) is 2.99. The van der Waals surface area contributed by atoms with E-state index in [2.05, 4.69) is 5.32 Å². The second-order valence-corrected chi connectivity index (χ2v) is 3.78. The van der Waals surface area contributed by atoms with Gasteiger partial charge in [-0.3, -0.25) is 4.79 Å². The minimum absolute atomic E-state index is 0.00457. The van der Waals surface area contributed by atoms with Crippen LogP contribution in [-0.4, -0.2) is 43.9 Å². The summed E-state index contributed by atoms with van der Waals surface area (Å²) in [5.41, 5.74) is 5.21. The van der Waals surface area contributed by atoms with Gasteiger partial charge in [-0.2, -0.15) is 0 Å². The molecule has 0 saturated carbocycles. The Balaban J connectivity index is 3.93. The molecule has 0 aromatic rings. The second kappa shape index (κ2) is 8.50. The van der Waals surface area contributed by atoms with Gasteiger partial charge in [-0.05, 0) is 12.8 Å². The van der Waals surface area contributed by atoms with E-state index in [1.165, 1.54) is 0 Å². The first-order valence-corrected chi connectivity index (χ1v) is 5.83. The fourth-order valence-corrected chi connectivity index (χ4v) is 1.54. The van der Waals surface area contributed by atoms with Gasteiger partial charge in [0.05, 0.1) is 25.2 Å². The Morgan fingerprint density at radius 3 is 2.44 bits per heavy atom. The van der Waals surface area contributed by atoms with Gasteiger partial charge >= 0.3 is 0 Å². The number of amides is 1. The molecule has 0 bridgehead atoms. The third kappa shape index (κ3) is 4.47. The number of carbonyl (C=O) groups is 1. The molecule has 0 unspecified atom stereocenters. The molecule has 0 aromatic heterocycles. The lowest BCUT2D eigenvalue weighted by Crippen LogP contribution is -2.46. The molecule has 4 N–H and O–H groups in total. The molecule has 0 aromatic carbocycles. The SMILES string of the molecule is CCC(CC)(CN)C(=O)NCCOCCO. The molecule has 0 heterocycles. The van der Waals surface area contributed by atoms with Crippen LogP contribution >= 0.6 is 0 Å². The topological polar surface area (TPSA) is 84.6 Å². The van der Waals surface area contributed by atoms with Crippen molar-refractivity contribution < 1.29 is 14.6 Å². The highest BCUT2D eigenvalue weighted by atomic mass is 16.5. The largest absolute Gasteiger partial charge is 0.394 e. The first-order chi connectivity index (χ1) is 7.66. The molecule has 0 aliphatic heterocycles. The van der Waals surface area contributed by atoms with Gasteiger partial charge in [0.1, 0.15) is 0 Å². The summed E-state index contributed by atoms with van der Waals surface area (Å²) in [4.78, 5) is 11.9. The molecule has 0 fully saturated rings. The van der Waals surface area contributed by atoms with E-state index in [0.717, 1.165) is 12.8 Å².